The molecule has 5 unspecified atom stereocenters. The molecular weight excluding hydrogens is 532 g/mol. The quantitative estimate of drug-likeness (QED) is 0.218. The molecule has 2 aliphatic heterocycles. The number of nitrogens with one attached hydrogen (secondary N) is 1. The van der Waals surface area contributed by atoms with Crippen molar-refractivity contribution in [1.82, 2.24) is 5.32 Å². The molecule has 2 bridgehead atoms. The van der Waals surface area contributed by atoms with Crippen LogP contribution in [0, 0.1) is 35.5 Å². The van der Waals surface area contributed by atoms with Gasteiger partial charge in [-0.2, -0.15) is 0 Å². The van der Waals surface area contributed by atoms with Crippen LogP contribution in [0.2, 0.25) is 0 Å². The monoisotopic (exact) mass is 574 g/mol. The Bertz CT molecular complexity index is 1170. The first-order valence-electron chi connectivity index (χ1n) is 14.9. The van der Waals surface area contributed by atoms with Gasteiger partial charge < -0.3 is 46.1 Å². The van der Waals surface area contributed by atoms with Crippen molar-refractivity contribution in [2.75, 3.05) is 13.2 Å². The third kappa shape index (κ3) is 4.56. The average Bonchev–Trinajstić information content (AvgIpc) is 2.94. The molecule has 2 saturated heterocycles. The SMILES string of the molecule is CC1=C[C@H]2C(=O)C3CCCC(O[C@H]4O[C@@]5(CO)C=C[C@H](CC6CCNC(N)C6)[C@](O)([C@H]4O)[C@@H]5O)C3C(=O)[C@@H]2C(O)=C1. The van der Waals surface area contributed by atoms with Crippen molar-refractivity contribution in [3.8, 4) is 0 Å². The number of hydrogen-bond acceptors (Lipinski definition) is 11. The zero-order valence-corrected chi connectivity index (χ0v) is 23.3. The summed E-state index contributed by atoms with van der Waals surface area (Å²) in [6.45, 7) is 1.83. The number of Topliss-reactive ketones (excluding diaryl/α,β-unsaturated/α-hetero) is 2. The third-order valence-electron chi connectivity index (χ3n) is 10.5. The molecule has 6 rings (SSSR count). The molecule has 4 fully saturated rings. The highest BCUT2D eigenvalue weighted by Crippen LogP contribution is 2.51. The molecule has 0 spiro atoms. The van der Waals surface area contributed by atoms with Crippen molar-refractivity contribution in [1.29, 1.82) is 0 Å². The lowest BCUT2D eigenvalue weighted by atomic mass is 9.59. The lowest BCUT2D eigenvalue weighted by molar-refractivity contribution is -0.375. The Balaban J connectivity index is 1.27. The molecule has 4 aliphatic carbocycles. The molecule has 11 nitrogen and oxygen atoms in total. The van der Waals surface area contributed by atoms with Gasteiger partial charge in [-0.3, -0.25) is 9.59 Å². The number of aliphatic hydroxyl groups is 5. The predicted octanol–water partition coefficient (Wildman–Crippen LogP) is -0.0253. The fraction of sp³-hybridized carbons (Fsp3) is 0.733. The molecular formula is C30H42N2O9. The van der Waals surface area contributed by atoms with E-state index in [1.165, 1.54) is 12.2 Å². The number of carbonyl (C=O) groups is 2. The molecule has 226 valence electrons. The number of ketones is 2. The number of carbonyl (C=O) groups excluding carboxylic acids is 2. The largest absolute Gasteiger partial charge is 0.512 e. The van der Waals surface area contributed by atoms with Crippen molar-refractivity contribution in [3.63, 3.8) is 0 Å². The summed E-state index contributed by atoms with van der Waals surface area (Å²) < 4.78 is 12.3. The van der Waals surface area contributed by atoms with Gasteiger partial charge in [0.2, 0.25) is 0 Å². The zero-order valence-electron chi connectivity index (χ0n) is 23.3. The summed E-state index contributed by atoms with van der Waals surface area (Å²) in [7, 11) is 0. The van der Waals surface area contributed by atoms with Crippen molar-refractivity contribution in [2.24, 2.45) is 41.2 Å². The molecule has 0 radical (unpaired) electrons. The van der Waals surface area contributed by atoms with E-state index in [-0.39, 0.29) is 29.4 Å². The standard InChI is InChI=1S/C30H42N2O9/c1-14-9-18-22(19(34)10-14)25(36)23-17(24(18)35)3-2-4-20(23)40-27-26(37)30(39)16(11-15-6-8-32-21(31)12-15)5-7-29(13-33,41-27)28(30)38/h5,7,9-10,15-18,20-23,26-28,32-34,37-39H,2-4,6,8,11-13,31H2,1H3/t15?,16-,17?,18-,20?,21?,22+,23?,26+,27+,28-,29-,30+/m1/s1. The lowest BCUT2D eigenvalue weighted by Crippen LogP contribution is -2.76. The summed E-state index contributed by atoms with van der Waals surface area (Å²) >= 11 is 0. The second kappa shape index (κ2) is 10.6. The van der Waals surface area contributed by atoms with Gasteiger partial charge in [-0.15, -0.1) is 0 Å². The molecule has 6 aliphatic rings. The van der Waals surface area contributed by atoms with Crippen LogP contribution in [0.25, 0.3) is 0 Å². The summed E-state index contributed by atoms with van der Waals surface area (Å²) in [6.07, 6.45) is 4.08. The summed E-state index contributed by atoms with van der Waals surface area (Å²) in [6, 6.07) is 0. The first-order chi connectivity index (χ1) is 19.5. The van der Waals surface area contributed by atoms with Crippen LogP contribution in [-0.2, 0) is 19.1 Å². The van der Waals surface area contributed by atoms with Gasteiger partial charge in [-0.1, -0.05) is 30.2 Å². The van der Waals surface area contributed by atoms with Crippen molar-refractivity contribution < 1.29 is 44.6 Å². The van der Waals surface area contributed by atoms with Gasteiger partial charge in [-0.25, -0.2) is 0 Å². The van der Waals surface area contributed by atoms with Gasteiger partial charge in [0.05, 0.1) is 36.6 Å². The van der Waals surface area contributed by atoms with E-state index in [9.17, 15) is 35.1 Å². The molecule has 0 aromatic carbocycles. The smallest absolute Gasteiger partial charge is 0.188 e. The number of fused-ring (bicyclic) bond motifs is 4. The Morgan fingerprint density at radius 2 is 1.98 bits per heavy atom. The topological polar surface area (TPSA) is 192 Å². The van der Waals surface area contributed by atoms with E-state index in [4.69, 9.17) is 15.2 Å². The number of allylic oxidation sites excluding steroid dienone is 4. The minimum atomic E-state index is -2.10. The van der Waals surface area contributed by atoms with E-state index in [1.807, 2.05) is 0 Å². The highest BCUT2D eigenvalue weighted by molar-refractivity contribution is 6.02. The minimum Gasteiger partial charge on any atom is -0.512 e. The van der Waals surface area contributed by atoms with Gasteiger partial charge in [-0.05, 0) is 57.6 Å². The molecule has 2 saturated carbocycles. The van der Waals surface area contributed by atoms with Gasteiger partial charge >= 0.3 is 0 Å². The number of hydrogen-bond donors (Lipinski definition) is 7. The number of ether oxygens (including phenoxy) is 2. The first kappa shape index (κ1) is 29.1. The number of rotatable bonds is 5. The van der Waals surface area contributed by atoms with E-state index in [2.05, 4.69) is 5.32 Å². The summed E-state index contributed by atoms with van der Waals surface area (Å²) in [5.41, 5.74) is 2.98. The second-order valence-electron chi connectivity index (χ2n) is 13.0. The van der Waals surface area contributed by atoms with Gasteiger partial charge in [0, 0.05) is 11.8 Å². The lowest BCUT2D eigenvalue weighted by Gasteiger charge is -2.58. The molecule has 0 aromatic heterocycles. The second-order valence-corrected chi connectivity index (χ2v) is 13.0. The maximum Gasteiger partial charge on any atom is 0.188 e. The third-order valence-corrected chi connectivity index (χ3v) is 10.5. The fourth-order valence-electron chi connectivity index (χ4n) is 8.40. The van der Waals surface area contributed by atoms with Crippen LogP contribution in [0.4, 0.5) is 0 Å². The van der Waals surface area contributed by atoms with E-state index >= 15 is 0 Å². The van der Waals surface area contributed by atoms with Gasteiger partial charge in [0.25, 0.3) is 0 Å². The average molecular weight is 575 g/mol. The first-order valence-corrected chi connectivity index (χ1v) is 14.9. The highest BCUT2D eigenvalue weighted by atomic mass is 16.7. The highest BCUT2D eigenvalue weighted by Gasteiger charge is 2.66. The maximum absolute atomic E-state index is 13.8. The van der Waals surface area contributed by atoms with Gasteiger partial charge in [0.1, 0.15) is 35.0 Å². The molecule has 0 aromatic rings. The van der Waals surface area contributed by atoms with Crippen LogP contribution in [0.1, 0.15) is 45.4 Å². The van der Waals surface area contributed by atoms with Crippen LogP contribution in [0.5, 0.6) is 0 Å². The van der Waals surface area contributed by atoms with E-state index < -0.39 is 72.0 Å². The molecule has 0 amide bonds. The number of nitrogens with two attached hydrogens (primary N) is 1. The molecule has 13 atom stereocenters. The maximum atomic E-state index is 13.8. The summed E-state index contributed by atoms with van der Waals surface area (Å²) in [4.78, 5) is 27.3. The molecule has 2 heterocycles. The van der Waals surface area contributed by atoms with Crippen molar-refractivity contribution in [2.45, 2.75) is 87.4 Å². The van der Waals surface area contributed by atoms with E-state index in [0.29, 0.717) is 32.1 Å². The number of piperidine rings is 1. The summed E-state index contributed by atoms with van der Waals surface area (Å²) in [5, 5.41) is 59.0. The van der Waals surface area contributed by atoms with Crippen LogP contribution >= 0.6 is 0 Å². The Hall–Kier alpha value is -1.96. The zero-order chi connectivity index (χ0) is 29.3. The van der Waals surface area contributed by atoms with Crippen LogP contribution in [0.3, 0.4) is 0 Å². The van der Waals surface area contributed by atoms with Crippen LogP contribution < -0.4 is 11.1 Å². The molecule has 41 heavy (non-hydrogen) atoms. The Morgan fingerprint density at radius 3 is 2.71 bits per heavy atom. The van der Waals surface area contributed by atoms with Crippen LogP contribution in [0.15, 0.2) is 35.6 Å². The summed E-state index contributed by atoms with van der Waals surface area (Å²) in [5.74, 6) is -4.23. The normalized spacial score (nSPS) is 49.6. The van der Waals surface area contributed by atoms with Crippen molar-refractivity contribution in [3.05, 3.63) is 35.6 Å². The van der Waals surface area contributed by atoms with E-state index in [0.717, 1.165) is 18.5 Å². The Kier molecular flexibility index (Phi) is 7.56. The Labute approximate surface area is 239 Å². The van der Waals surface area contributed by atoms with Crippen molar-refractivity contribution >= 4 is 11.6 Å². The molecule has 8 N–H and O–H groups in total. The number of aliphatic hydroxyl groups excluding tert-OH is 4. The Morgan fingerprint density at radius 1 is 1.20 bits per heavy atom. The fourth-order valence-corrected chi connectivity index (χ4v) is 8.40. The van der Waals surface area contributed by atoms with E-state index in [1.54, 1.807) is 19.1 Å². The minimum absolute atomic E-state index is 0.113. The molecule has 11 heteroatoms. The van der Waals surface area contributed by atoms with Crippen LogP contribution in [-0.4, -0.2) is 92.2 Å². The van der Waals surface area contributed by atoms with Gasteiger partial charge in [0.15, 0.2) is 12.1 Å². The predicted molar refractivity (Wildman–Crippen MR) is 145 cm³/mol.